The van der Waals surface area contributed by atoms with Gasteiger partial charge in [0.1, 0.15) is 11.9 Å². The van der Waals surface area contributed by atoms with Gasteiger partial charge in [-0.05, 0) is 27.2 Å². The fourth-order valence-corrected chi connectivity index (χ4v) is 1.36. The van der Waals surface area contributed by atoms with Crippen molar-refractivity contribution in [1.82, 2.24) is 5.32 Å². The van der Waals surface area contributed by atoms with Crippen molar-refractivity contribution in [3.63, 3.8) is 0 Å². The summed E-state index contributed by atoms with van der Waals surface area (Å²) in [7, 11) is 0. The van der Waals surface area contributed by atoms with Crippen molar-refractivity contribution < 1.29 is 9.18 Å². The van der Waals surface area contributed by atoms with Gasteiger partial charge in [-0.3, -0.25) is 4.79 Å². The van der Waals surface area contributed by atoms with Crippen LogP contribution in [0.2, 0.25) is 0 Å². The summed E-state index contributed by atoms with van der Waals surface area (Å²) in [5.41, 5.74) is 6.02. The molecule has 0 radical (unpaired) electrons. The lowest BCUT2D eigenvalue weighted by molar-refractivity contribution is -0.119. The van der Waals surface area contributed by atoms with Crippen LogP contribution >= 0.6 is 11.6 Å². The Hall–Kier alpha value is -1.29. The van der Waals surface area contributed by atoms with Gasteiger partial charge in [0, 0.05) is 11.3 Å². The van der Waals surface area contributed by atoms with Gasteiger partial charge >= 0.3 is 0 Å². The zero-order valence-electron chi connectivity index (χ0n) is 10.3. The monoisotopic (exact) mass is 260 g/mol. The quantitative estimate of drug-likeness (QED) is 0.570. The van der Waals surface area contributed by atoms with Crippen molar-refractivity contribution in [2.24, 2.45) is 5.73 Å². The number of hydrogen-bond acceptors (Lipinski definition) is 2. The molecule has 1 unspecified atom stereocenters. The van der Waals surface area contributed by atoms with Crippen molar-refractivity contribution in [3.05, 3.63) is 34.8 Å². The highest BCUT2D eigenvalue weighted by Gasteiger charge is 2.14. The smallest absolute Gasteiger partial charge is 0.239 e. The van der Waals surface area contributed by atoms with Crippen LogP contribution in [0.15, 0.2) is 34.8 Å². The summed E-state index contributed by atoms with van der Waals surface area (Å²) in [6.45, 7) is 8.28. The van der Waals surface area contributed by atoms with Gasteiger partial charge < -0.3 is 11.1 Å². The molecule has 0 aliphatic rings. The van der Waals surface area contributed by atoms with Crippen LogP contribution in [-0.2, 0) is 4.79 Å². The second kappa shape index (κ2) is 7.12. The van der Waals surface area contributed by atoms with E-state index in [4.69, 9.17) is 17.3 Å². The van der Waals surface area contributed by atoms with Crippen molar-refractivity contribution in [2.75, 3.05) is 0 Å². The number of carbonyl (C=O) groups excluding carboxylic acids is 1. The van der Waals surface area contributed by atoms with Crippen LogP contribution in [0.1, 0.15) is 27.2 Å². The fourth-order valence-electron chi connectivity index (χ4n) is 1.24. The van der Waals surface area contributed by atoms with Crippen LogP contribution in [-0.4, -0.2) is 11.9 Å². The summed E-state index contributed by atoms with van der Waals surface area (Å²) in [5.74, 6) is -1.01. The largest absolute Gasteiger partial charge is 0.377 e. The maximum Gasteiger partial charge on any atom is 0.239 e. The number of nitrogens with one attached hydrogen (secondary N) is 1. The Morgan fingerprint density at radius 3 is 2.47 bits per heavy atom. The van der Waals surface area contributed by atoms with Gasteiger partial charge in [0.05, 0.1) is 5.03 Å². The van der Waals surface area contributed by atoms with E-state index >= 15 is 0 Å². The number of primary amides is 1. The number of nitrogens with two attached hydrogens (primary N) is 1. The molecule has 0 heterocycles. The summed E-state index contributed by atoms with van der Waals surface area (Å²) in [4.78, 5) is 10.9. The highest BCUT2D eigenvalue weighted by atomic mass is 35.5. The number of rotatable bonds is 6. The van der Waals surface area contributed by atoms with E-state index in [-0.39, 0.29) is 5.03 Å². The van der Waals surface area contributed by atoms with E-state index in [1.54, 1.807) is 19.9 Å². The van der Waals surface area contributed by atoms with E-state index in [9.17, 15) is 9.18 Å². The predicted octanol–water partition coefficient (Wildman–Crippen LogP) is 2.74. The number of allylic oxidation sites excluding steroid dienone is 5. The first kappa shape index (κ1) is 15.7. The molecular formula is C12H18ClFN2O. The minimum atomic E-state index is -0.571. The van der Waals surface area contributed by atoms with Gasteiger partial charge in [0.2, 0.25) is 5.91 Å². The topological polar surface area (TPSA) is 55.1 Å². The zero-order valence-corrected chi connectivity index (χ0v) is 11.1. The molecule has 0 bridgehead atoms. The van der Waals surface area contributed by atoms with E-state index < -0.39 is 17.8 Å². The predicted molar refractivity (Wildman–Crippen MR) is 69.0 cm³/mol. The molecule has 17 heavy (non-hydrogen) atoms. The molecule has 96 valence electrons. The second-order valence-electron chi connectivity index (χ2n) is 3.71. The Bertz CT molecular complexity index is 371. The summed E-state index contributed by atoms with van der Waals surface area (Å²) < 4.78 is 13.8. The molecule has 0 aromatic heterocycles. The summed E-state index contributed by atoms with van der Waals surface area (Å²) in [6, 6.07) is -0.571. The maximum atomic E-state index is 13.8. The van der Waals surface area contributed by atoms with Gasteiger partial charge in [0.25, 0.3) is 0 Å². The highest BCUT2D eigenvalue weighted by molar-refractivity contribution is 6.29. The molecule has 1 amide bonds. The Kier molecular flexibility index (Phi) is 6.58. The Labute approximate surface area is 106 Å². The number of amides is 1. The van der Waals surface area contributed by atoms with Crippen molar-refractivity contribution in [2.45, 2.75) is 33.2 Å². The molecule has 0 saturated carbocycles. The van der Waals surface area contributed by atoms with Crippen LogP contribution in [0.25, 0.3) is 0 Å². The third kappa shape index (κ3) is 5.04. The van der Waals surface area contributed by atoms with Crippen LogP contribution in [0, 0.1) is 0 Å². The summed E-state index contributed by atoms with van der Waals surface area (Å²) >= 11 is 5.62. The van der Waals surface area contributed by atoms with E-state index in [0.29, 0.717) is 17.7 Å². The third-order valence-corrected chi connectivity index (χ3v) is 2.39. The summed E-state index contributed by atoms with van der Waals surface area (Å²) in [5, 5.41) is 2.89. The molecule has 3 N–H and O–H groups in total. The Morgan fingerprint density at radius 2 is 2.12 bits per heavy atom. The molecule has 1 atom stereocenters. The second-order valence-corrected chi connectivity index (χ2v) is 4.28. The summed E-state index contributed by atoms with van der Waals surface area (Å²) in [6.07, 6.45) is 1.88. The molecule has 0 rings (SSSR count). The van der Waals surface area contributed by atoms with E-state index in [0.717, 1.165) is 0 Å². The van der Waals surface area contributed by atoms with Gasteiger partial charge in [-0.15, -0.1) is 6.58 Å². The molecule has 0 aromatic rings. The molecule has 3 nitrogen and oxygen atoms in total. The molecular weight excluding hydrogens is 243 g/mol. The molecule has 5 heteroatoms. The average Bonchev–Trinajstić information content (AvgIpc) is 2.24. The van der Waals surface area contributed by atoms with E-state index in [1.165, 1.54) is 6.92 Å². The highest BCUT2D eigenvalue weighted by Crippen LogP contribution is 2.24. The van der Waals surface area contributed by atoms with Crippen LogP contribution in [0.4, 0.5) is 4.39 Å². The zero-order chi connectivity index (χ0) is 13.6. The average molecular weight is 261 g/mol. The Morgan fingerprint density at radius 1 is 1.59 bits per heavy atom. The maximum absolute atomic E-state index is 13.8. The molecule has 0 aliphatic heterocycles. The van der Waals surface area contributed by atoms with Crippen molar-refractivity contribution in [3.8, 4) is 0 Å². The van der Waals surface area contributed by atoms with Gasteiger partial charge in [-0.25, -0.2) is 4.39 Å². The molecule has 0 spiro atoms. The molecule has 0 fully saturated rings. The van der Waals surface area contributed by atoms with Crippen molar-refractivity contribution >= 4 is 17.5 Å². The van der Waals surface area contributed by atoms with E-state index in [1.807, 2.05) is 0 Å². The lowest BCUT2D eigenvalue weighted by Gasteiger charge is -2.16. The molecule has 0 aliphatic carbocycles. The van der Waals surface area contributed by atoms with Crippen LogP contribution in [0.5, 0.6) is 0 Å². The number of halogens is 2. The first-order chi connectivity index (χ1) is 7.81. The Balaban J connectivity index is 5.20. The fraction of sp³-hybridized carbons (Fsp3) is 0.417. The van der Waals surface area contributed by atoms with Gasteiger partial charge in [-0.1, -0.05) is 17.7 Å². The number of carbonyl (C=O) groups is 1. The lowest BCUT2D eigenvalue weighted by atomic mass is 10.1. The van der Waals surface area contributed by atoms with Crippen LogP contribution < -0.4 is 11.1 Å². The SMILES string of the molecule is C=CCC(/C(F)=C(\C)Cl)=C(/C)NC(C)C(N)=O. The van der Waals surface area contributed by atoms with Gasteiger partial charge in [-0.2, -0.15) is 0 Å². The normalized spacial score (nSPS) is 15.6. The molecule has 0 aromatic carbocycles. The minimum absolute atomic E-state index is 0.0646. The van der Waals surface area contributed by atoms with E-state index in [2.05, 4.69) is 11.9 Å². The third-order valence-electron chi connectivity index (χ3n) is 2.23. The van der Waals surface area contributed by atoms with Crippen LogP contribution in [0.3, 0.4) is 0 Å². The first-order valence-electron chi connectivity index (χ1n) is 5.20. The van der Waals surface area contributed by atoms with Crippen molar-refractivity contribution in [1.29, 1.82) is 0 Å². The van der Waals surface area contributed by atoms with Gasteiger partial charge in [0.15, 0.2) is 0 Å². The first-order valence-corrected chi connectivity index (χ1v) is 5.57. The standard InChI is InChI=1S/C12H18ClFN2O/c1-5-6-10(11(14)7(2)13)8(3)16-9(4)12(15)17/h5,9,16H,1,6H2,2-4H3,(H2,15,17)/b10-8+,11-7-. The number of hydrogen-bond donors (Lipinski definition) is 2. The minimum Gasteiger partial charge on any atom is -0.377 e. The molecule has 0 saturated heterocycles. The lowest BCUT2D eigenvalue weighted by Crippen LogP contribution is -2.38.